The lowest BCUT2D eigenvalue weighted by Crippen LogP contribution is -2.45. The molecule has 0 saturated carbocycles. The van der Waals surface area contributed by atoms with Crippen molar-refractivity contribution in [3.8, 4) is 11.3 Å². The predicted molar refractivity (Wildman–Crippen MR) is 129 cm³/mol. The van der Waals surface area contributed by atoms with E-state index in [9.17, 15) is 14.0 Å². The highest BCUT2D eigenvalue weighted by Crippen LogP contribution is 2.30. The number of anilines is 2. The second kappa shape index (κ2) is 9.63. The van der Waals surface area contributed by atoms with E-state index in [1.54, 1.807) is 11.4 Å². The first-order valence-electron chi connectivity index (χ1n) is 10.1. The van der Waals surface area contributed by atoms with Crippen molar-refractivity contribution in [2.75, 3.05) is 12.4 Å². The van der Waals surface area contributed by atoms with E-state index in [0.29, 0.717) is 10.8 Å². The van der Waals surface area contributed by atoms with Gasteiger partial charge in [0.1, 0.15) is 11.9 Å². The molecule has 2 N–H and O–H groups in total. The molecule has 0 bridgehead atoms. The van der Waals surface area contributed by atoms with Gasteiger partial charge in [0, 0.05) is 16.6 Å². The number of esters is 1. The molecule has 2 heterocycles. The van der Waals surface area contributed by atoms with E-state index in [0.717, 1.165) is 21.5 Å². The molecule has 0 radical (unpaired) electrons. The minimum Gasteiger partial charge on any atom is -0.467 e. The Bertz CT molecular complexity index is 1300. The lowest BCUT2D eigenvalue weighted by Gasteiger charge is -2.18. The van der Waals surface area contributed by atoms with E-state index in [1.165, 1.54) is 41.9 Å². The quantitative estimate of drug-likeness (QED) is 0.349. The van der Waals surface area contributed by atoms with Crippen LogP contribution in [0, 0.1) is 11.7 Å². The lowest BCUT2D eigenvalue weighted by atomic mass is 10.0. The molecule has 4 rings (SSSR count). The van der Waals surface area contributed by atoms with E-state index in [-0.39, 0.29) is 16.7 Å². The maximum Gasteiger partial charge on any atom is 0.328 e. The summed E-state index contributed by atoms with van der Waals surface area (Å²) in [6.45, 7) is 3.66. The number of methoxy groups -OCH3 is 1. The van der Waals surface area contributed by atoms with Crippen LogP contribution < -0.4 is 10.6 Å². The number of fused-ring (bicyclic) bond motifs is 1. The number of benzene rings is 2. The van der Waals surface area contributed by atoms with Gasteiger partial charge in [-0.2, -0.15) is 0 Å². The fourth-order valence-electron chi connectivity index (χ4n) is 3.14. The number of amides is 1. The minimum atomic E-state index is -0.737. The normalized spacial score (nSPS) is 12.0. The van der Waals surface area contributed by atoms with Gasteiger partial charge in [-0.1, -0.05) is 37.3 Å². The maximum absolute atomic E-state index is 13.4. The van der Waals surface area contributed by atoms with Gasteiger partial charge in [-0.15, -0.1) is 11.3 Å². The Morgan fingerprint density at radius 3 is 2.55 bits per heavy atom. The average molecular weight is 485 g/mol. The van der Waals surface area contributed by atoms with Crippen molar-refractivity contribution in [2.45, 2.75) is 19.9 Å². The number of nitrogens with one attached hydrogen (secondary N) is 2. The molecule has 7 nitrogen and oxygen atoms in total. The Balaban J connectivity index is 1.45. The molecule has 1 amide bonds. The molecule has 0 aliphatic heterocycles. The molecule has 0 saturated heterocycles. The number of carbonyl (C=O) groups is 2. The van der Waals surface area contributed by atoms with Crippen molar-refractivity contribution >= 4 is 55.6 Å². The summed E-state index contributed by atoms with van der Waals surface area (Å²) >= 11 is 2.58. The van der Waals surface area contributed by atoms with Crippen molar-refractivity contribution in [2.24, 2.45) is 5.92 Å². The number of thiazole rings is 2. The Morgan fingerprint density at radius 2 is 1.85 bits per heavy atom. The van der Waals surface area contributed by atoms with Gasteiger partial charge in [-0.3, -0.25) is 4.79 Å². The smallest absolute Gasteiger partial charge is 0.328 e. The van der Waals surface area contributed by atoms with E-state index >= 15 is 0 Å². The summed E-state index contributed by atoms with van der Waals surface area (Å²) in [5, 5.41) is 8.65. The molecule has 1 atom stereocenters. The molecule has 10 heteroatoms. The summed E-state index contributed by atoms with van der Waals surface area (Å²) in [6.07, 6.45) is 0. The van der Waals surface area contributed by atoms with Crippen LogP contribution in [-0.4, -0.2) is 35.0 Å². The van der Waals surface area contributed by atoms with Crippen LogP contribution in [0.3, 0.4) is 0 Å². The molecule has 4 aromatic rings. The second-order valence-corrected chi connectivity index (χ2v) is 9.48. The lowest BCUT2D eigenvalue weighted by molar-refractivity contribution is -0.144. The maximum atomic E-state index is 13.4. The van der Waals surface area contributed by atoms with Crippen molar-refractivity contribution in [1.29, 1.82) is 0 Å². The van der Waals surface area contributed by atoms with Gasteiger partial charge in [0.15, 0.2) is 10.1 Å². The Morgan fingerprint density at radius 1 is 1.09 bits per heavy atom. The van der Waals surface area contributed by atoms with Crippen LogP contribution in [0.15, 0.2) is 47.8 Å². The van der Waals surface area contributed by atoms with Crippen LogP contribution >= 0.6 is 22.7 Å². The highest BCUT2D eigenvalue weighted by Gasteiger charge is 2.26. The fraction of sp³-hybridized carbons (Fsp3) is 0.217. The van der Waals surface area contributed by atoms with E-state index in [4.69, 9.17) is 4.74 Å². The first kappa shape index (κ1) is 22.8. The summed E-state index contributed by atoms with van der Waals surface area (Å²) < 4.78 is 18.9. The number of hydrogen-bond acceptors (Lipinski definition) is 8. The Labute approximate surface area is 197 Å². The average Bonchev–Trinajstić information content (AvgIpc) is 3.44. The number of rotatable bonds is 7. The van der Waals surface area contributed by atoms with Gasteiger partial charge in [0.25, 0.3) is 5.91 Å². The molecule has 0 fully saturated rings. The minimum absolute atomic E-state index is 0.115. The third-order valence-corrected chi connectivity index (χ3v) is 6.66. The number of carbonyl (C=O) groups excluding carboxylic acids is 2. The first-order chi connectivity index (χ1) is 15.8. The van der Waals surface area contributed by atoms with E-state index in [1.807, 2.05) is 38.1 Å². The molecule has 0 spiro atoms. The van der Waals surface area contributed by atoms with Gasteiger partial charge in [0.2, 0.25) is 0 Å². The Hall–Kier alpha value is -3.37. The monoisotopic (exact) mass is 484 g/mol. The van der Waals surface area contributed by atoms with E-state index in [2.05, 4.69) is 20.6 Å². The zero-order chi connectivity index (χ0) is 23.5. The highest BCUT2D eigenvalue weighted by atomic mass is 32.1. The van der Waals surface area contributed by atoms with Crippen molar-refractivity contribution in [1.82, 2.24) is 15.3 Å². The molecule has 0 aliphatic rings. The standard InChI is InChI=1S/C23H21FN4O3S2/c1-12(2)19(22(30)31-3)28-20(29)21-26-17(11-32-21)13-4-7-15(8-5-13)25-23-27-16-9-6-14(24)10-18(16)33-23/h4-12,19H,1-3H3,(H,25,27)(H,28,29). The van der Waals surface area contributed by atoms with Gasteiger partial charge in [-0.25, -0.2) is 19.2 Å². The van der Waals surface area contributed by atoms with Crippen molar-refractivity contribution < 1.29 is 18.7 Å². The second-order valence-electron chi connectivity index (χ2n) is 7.59. The molecular formula is C23H21FN4O3S2. The molecular weight excluding hydrogens is 463 g/mol. The van der Waals surface area contributed by atoms with Crippen LogP contribution in [0.1, 0.15) is 23.6 Å². The van der Waals surface area contributed by atoms with Crippen LogP contribution in [-0.2, 0) is 9.53 Å². The van der Waals surface area contributed by atoms with Gasteiger partial charge in [-0.05, 0) is 36.2 Å². The number of ether oxygens (including phenoxy) is 1. The van der Waals surface area contributed by atoms with Gasteiger partial charge in [0.05, 0.1) is 23.0 Å². The SMILES string of the molecule is COC(=O)C(NC(=O)c1nc(-c2ccc(Nc3nc4ccc(F)cc4s3)cc2)cs1)C(C)C. The molecule has 170 valence electrons. The molecule has 1 unspecified atom stereocenters. The number of halogens is 1. The summed E-state index contributed by atoms with van der Waals surface area (Å²) in [7, 11) is 1.29. The number of hydrogen-bond donors (Lipinski definition) is 2. The molecule has 33 heavy (non-hydrogen) atoms. The zero-order valence-electron chi connectivity index (χ0n) is 18.1. The highest BCUT2D eigenvalue weighted by molar-refractivity contribution is 7.22. The van der Waals surface area contributed by atoms with Crippen LogP contribution in [0.2, 0.25) is 0 Å². The number of aromatic nitrogens is 2. The first-order valence-corrected chi connectivity index (χ1v) is 11.8. The zero-order valence-corrected chi connectivity index (χ0v) is 19.7. The van der Waals surface area contributed by atoms with Crippen molar-refractivity contribution in [3.05, 3.63) is 58.7 Å². The largest absolute Gasteiger partial charge is 0.467 e. The summed E-state index contributed by atoms with van der Waals surface area (Å²) in [5.41, 5.74) is 3.06. The summed E-state index contributed by atoms with van der Waals surface area (Å²) in [4.78, 5) is 33.3. The van der Waals surface area contributed by atoms with E-state index < -0.39 is 17.9 Å². The fourth-order valence-corrected chi connectivity index (χ4v) is 4.78. The predicted octanol–water partition coefficient (Wildman–Crippen LogP) is 5.23. The van der Waals surface area contributed by atoms with Gasteiger partial charge >= 0.3 is 5.97 Å². The Kier molecular flexibility index (Phi) is 6.66. The van der Waals surface area contributed by atoms with Crippen molar-refractivity contribution in [3.63, 3.8) is 0 Å². The molecule has 0 aliphatic carbocycles. The number of nitrogens with zero attached hydrogens (tertiary/aromatic N) is 2. The van der Waals surface area contributed by atoms with Gasteiger partial charge < -0.3 is 15.4 Å². The molecule has 2 aromatic carbocycles. The topological polar surface area (TPSA) is 93.2 Å². The third-order valence-electron chi connectivity index (χ3n) is 4.89. The van der Waals surface area contributed by atoms with Crippen LogP contribution in [0.4, 0.5) is 15.2 Å². The summed E-state index contributed by atoms with van der Waals surface area (Å²) in [6, 6.07) is 11.3. The van der Waals surface area contributed by atoms with Crippen LogP contribution in [0.25, 0.3) is 21.5 Å². The molecule has 2 aromatic heterocycles. The van der Waals surface area contributed by atoms with Crippen LogP contribution in [0.5, 0.6) is 0 Å². The summed E-state index contributed by atoms with van der Waals surface area (Å²) in [5.74, 6) is -1.31. The third kappa shape index (κ3) is 5.18.